The summed E-state index contributed by atoms with van der Waals surface area (Å²) in [4.78, 5) is 14.0. The number of amides is 1. The highest BCUT2D eigenvalue weighted by Gasteiger charge is 2.42. The van der Waals surface area contributed by atoms with Crippen LogP contribution in [0.2, 0.25) is 0 Å². The molecule has 0 aromatic carbocycles. The molecule has 1 amide bonds. The molecule has 0 radical (unpaired) electrons. The van der Waals surface area contributed by atoms with E-state index in [1.54, 1.807) is 0 Å². The van der Waals surface area contributed by atoms with Gasteiger partial charge in [-0.1, -0.05) is 12.8 Å². The van der Waals surface area contributed by atoms with Crippen molar-refractivity contribution in [1.29, 1.82) is 0 Å². The molecule has 0 spiro atoms. The minimum absolute atomic E-state index is 0.169. The Morgan fingerprint density at radius 1 is 1.17 bits per heavy atom. The molecule has 0 aromatic heterocycles. The van der Waals surface area contributed by atoms with Crippen LogP contribution in [0.1, 0.15) is 44.9 Å². The number of carbonyl (C=O) groups excluding carboxylic acids is 1. The lowest BCUT2D eigenvalue weighted by Gasteiger charge is -2.18. The van der Waals surface area contributed by atoms with Crippen molar-refractivity contribution in [1.82, 2.24) is 4.90 Å². The Hall–Kier alpha value is -0.610. The quantitative estimate of drug-likeness (QED) is 0.698. The maximum absolute atomic E-state index is 12.0. The van der Waals surface area contributed by atoms with Gasteiger partial charge in [-0.25, -0.2) is 0 Å². The van der Waals surface area contributed by atoms with Crippen LogP contribution >= 0.6 is 0 Å². The first-order valence-corrected chi connectivity index (χ1v) is 7.38. The highest BCUT2D eigenvalue weighted by atomic mass is 16.3. The van der Waals surface area contributed by atoms with Gasteiger partial charge < -0.3 is 15.7 Å². The first kappa shape index (κ1) is 13.8. The average Bonchev–Trinajstić information content (AvgIpc) is 2.92. The van der Waals surface area contributed by atoms with E-state index < -0.39 is 0 Å². The standard InChI is InChI=1S/C14H26N2O2/c15-8-4-2-1-3-5-14(18)16-9-11-6-7-13(17)12(11)10-16/h11-13,17H,1-10,15H2. The fourth-order valence-electron chi connectivity index (χ4n) is 3.37. The molecule has 18 heavy (non-hydrogen) atoms. The van der Waals surface area contributed by atoms with E-state index >= 15 is 0 Å². The van der Waals surface area contributed by atoms with Crippen LogP contribution in [0, 0.1) is 11.8 Å². The number of unbranched alkanes of at least 4 members (excludes halogenated alkanes) is 3. The summed E-state index contributed by atoms with van der Waals surface area (Å²) < 4.78 is 0. The number of nitrogens with two attached hydrogens (primary N) is 1. The van der Waals surface area contributed by atoms with Crippen LogP contribution in [-0.2, 0) is 4.79 Å². The van der Waals surface area contributed by atoms with Gasteiger partial charge in [0.25, 0.3) is 0 Å². The summed E-state index contributed by atoms with van der Waals surface area (Å²) in [6.07, 6.45) is 6.79. The van der Waals surface area contributed by atoms with Crippen molar-refractivity contribution in [2.75, 3.05) is 19.6 Å². The fourth-order valence-corrected chi connectivity index (χ4v) is 3.37. The average molecular weight is 254 g/mol. The van der Waals surface area contributed by atoms with Crippen LogP contribution in [0.3, 0.4) is 0 Å². The Morgan fingerprint density at radius 2 is 1.94 bits per heavy atom. The predicted octanol–water partition coefficient (Wildman–Crippen LogP) is 1.12. The third-order valence-corrected chi connectivity index (χ3v) is 4.52. The fraction of sp³-hybridized carbons (Fsp3) is 0.929. The lowest BCUT2D eigenvalue weighted by atomic mass is 10.00. The molecular weight excluding hydrogens is 228 g/mol. The third kappa shape index (κ3) is 3.23. The molecular formula is C14H26N2O2. The summed E-state index contributed by atoms with van der Waals surface area (Å²) in [6.45, 7) is 2.41. The number of nitrogens with zero attached hydrogens (tertiary/aromatic N) is 1. The number of likely N-dealkylation sites (tertiary alicyclic amines) is 1. The molecule has 3 atom stereocenters. The van der Waals surface area contributed by atoms with Crippen molar-refractivity contribution in [3.63, 3.8) is 0 Å². The molecule has 2 aliphatic rings. The van der Waals surface area contributed by atoms with Gasteiger partial charge in [-0.3, -0.25) is 4.79 Å². The SMILES string of the molecule is NCCCCCCC(=O)N1CC2CCC(O)C2C1. The van der Waals surface area contributed by atoms with Gasteiger partial charge >= 0.3 is 0 Å². The number of fused-ring (bicyclic) bond motifs is 1. The van der Waals surface area contributed by atoms with Gasteiger partial charge in [-0.05, 0) is 38.1 Å². The highest BCUT2D eigenvalue weighted by molar-refractivity contribution is 5.76. The second-order valence-corrected chi connectivity index (χ2v) is 5.82. The Morgan fingerprint density at radius 3 is 2.67 bits per heavy atom. The summed E-state index contributed by atoms with van der Waals surface area (Å²) in [5, 5.41) is 9.82. The van der Waals surface area contributed by atoms with Crippen molar-refractivity contribution >= 4 is 5.91 Å². The Balaban J connectivity index is 1.65. The van der Waals surface area contributed by atoms with Crippen molar-refractivity contribution in [2.24, 2.45) is 17.6 Å². The van der Waals surface area contributed by atoms with E-state index in [-0.39, 0.29) is 12.0 Å². The van der Waals surface area contributed by atoms with Gasteiger partial charge in [0.1, 0.15) is 0 Å². The molecule has 3 unspecified atom stereocenters. The number of aliphatic hydroxyl groups excluding tert-OH is 1. The van der Waals surface area contributed by atoms with Crippen LogP contribution in [0.4, 0.5) is 0 Å². The molecule has 104 valence electrons. The lowest BCUT2D eigenvalue weighted by molar-refractivity contribution is -0.130. The van der Waals surface area contributed by atoms with Crippen LogP contribution in [0.5, 0.6) is 0 Å². The highest BCUT2D eigenvalue weighted by Crippen LogP contribution is 2.38. The summed E-state index contributed by atoms with van der Waals surface area (Å²) in [6, 6.07) is 0. The number of rotatable bonds is 6. The summed E-state index contributed by atoms with van der Waals surface area (Å²) >= 11 is 0. The maximum Gasteiger partial charge on any atom is 0.222 e. The summed E-state index contributed by atoms with van der Waals surface area (Å²) in [5.41, 5.74) is 5.44. The van der Waals surface area contributed by atoms with E-state index in [1.165, 1.54) is 0 Å². The normalized spacial score (nSPS) is 30.8. The molecule has 0 aromatic rings. The van der Waals surface area contributed by atoms with Crippen LogP contribution in [-0.4, -0.2) is 41.7 Å². The minimum Gasteiger partial charge on any atom is -0.393 e. The van der Waals surface area contributed by atoms with Crippen molar-refractivity contribution < 1.29 is 9.90 Å². The number of hydrogen-bond acceptors (Lipinski definition) is 3. The van der Waals surface area contributed by atoms with E-state index in [0.717, 1.165) is 58.2 Å². The maximum atomic E-state index is 12.0. The molecule has 0 bridgehead atoms. The topological polar surface area (TPSA) is 66.6 Å². The number of aliphatic hydroxyl groups is 1. The lowest BCUT2D eigenvalue weighted by Crippen LogP contribution is -2.30. The van der Waals surface area contributed by atoms with E-state index in [4.69, 9.17) is 5.73 Å². The van der Waals surface area contributed by atoms with Gasteiger partial charge in [-0.15, -0.1) is 0 Å². The largest absolute Gasteiger partial charge is 0.393 e. The zero-order chi connectivity index (χ0) is 13.0. The zero-order valence-electron chi connectivity index (χ0n) is 11.2. The van der Waals surface area contributed by atoms with Gasteiger partial charge in [0.05, 0.1) is 6.10 Å². The monoisotopic (exact) mass is 254 g/mol. The van der Waals surface area contributed by atoms with E-state index in [2.05, 4.69) is 0 Å². The van der Waals surface area contributed by atoms with Crippen LogP contribution in [0.15, 0.2) is 0 Å². The van der Waals surface area contributed by atoms with Crippen LogP contribution < -0.4 is 5.73 Å². The Kier molecular flexibility index (Phi) is 5.01. The van der Waals surface area contributed by atoms with E-state index in [9.17, 15) is 9.90 Å². The second kappa shape index (κ2) is 6.53. The molecule has 1 aliphatic carbocycles. The van der Waals surface area contributed by atoms with Crippen molar-refractivity contribution in [3.05, 3.63) is 0 Å². The molecule has 3 N–H and O–H groups in total. The van der Waals surface area contributed by atoms with Gasteiger partial charge in [0.2, 0.25) is 5.91 Å². The zero-order valence-corrected chi connectivity index (χ0v) is 11.2. The molecule has 2 rings (SSSR count). The molecule has 4 nitrogen and oxygen atoms in total. The van der Waals surface area contributed by atoms with Gasteiger partial charge in [-0.2, -0.15) is 0 Å². The predicted molar refractivity (Wildman–Crippen MR) is 70.9 cm³/mol. The summed E-state index contributed by atoms with van der Waals surface area (Å²) in [5.74, 6) is 1.19. The third-order valence-electron chi connectivity index (χ3n) is 4.52. The summed E-state index contributed by atoms with van der Waals surface area (Å²) in [7, 11) is 0. The minimum atomic E-state index is -0.169. The van der Waals surface area contributed by atoms with Gasteiger partial charge in [0, 0.05) is 25.4 Å². The molecule has 1 aliphatic heterocycles. The molecule has 2 fully saturated rings. The van der Waals surface area contributed by atoms with Crippen molar-refractivity contribution in [2.45, 2.75) is 51.0 Å². The smallest absolute Gasteiger partial charge is 0.222 e. The van der Waals surface area contributed by atoms with Gasteiger partial charge in [0.15, 0.2) is 0 Å². The number of hydrogen-bond donors (Lipinski definition) is 2. The Labute approximate surface area is 110 Å². The van der Waals surface area contributed by atoms with Crippen molar-refractivity contribution in [3.8, 4) is 0 Å². The first-order valence-electron chi connectivity index (χ1n) is 7.38. The second-order valence-electron chi connectivity index (χ2n) is 5.82. The molecule has 4 heteroatoms. The van der Waals surface area contributed by atoms with E-state index in [1.807, 2.05) is 4.90 Å². The Bertz CT molecular complexity index is 283. The van der Waals surface area contributed by atoms with E-state index in [0.29, 0.717) is 18.3 Å². The molecule has 1 saturated heterocycles. The van der Waals surface area contributed by atoms with Crippen LogP contribution in [0.25, 0.3) is 0 Å². The molecule has 1 saturated carbocycles. The number of carbonyl (C=O) groups is 1. The first-order chi connectivity index (χ1) is 8.72. The molecule has 1 heterocycles.